The van der Waals surface area contributed by atoms with E-state index >= 15 is 0 Å². The van der Waals surface area contributed by atoms with E-state index in [9.17, 15) is 5.11 Å². The topological polar surface area (TPSA) is 51.2 Å². The van der Waals surface area contributed by atoms with Crippen LogP contribution in [0.15, 0.2) is 59.5 Å². The number of aliphatic hydroxyl groups is 1. The molecule has 1 N–H and O–H groups in total. The minimum atomic E-state index is -0.352. The Morgan fingerprint density at radius 1 is 1.19 bits per heavy atom. The Balaban J connectivity index is 1.86. The van der Waals surface area contributed by atoms with Gasteiger partial charge in [-0.1, -0.05) is 25.1 Å². The van der Waals surface area contributed by atoms with Crippen LogP contribution in [-0.4, -0.2) is 21.0 Å². The Bertz CT molecular complexity index is 701. The van der Waals surface area contributed by atoms with E-state index < -0.39 is 0 Å². The molecule has 3 rings (SSSR count). The minimum Gasteiger partial charge on any atom is -0.472 e. The maximum Gasteiger partial charge on any atom is 0.0980 e. The fourth-order valence-electron chi connectivity index (χ4n) is 2.25. The molecular weight excluding hydrogens is 264 g/mol. The summed E-state index contributed by atoms with van der Waals surface area (Å²) in [6, 6.07) is 12.1. The van der Waals surface area contributed by atoms with Gasteiger partial charge in [0.05, 0.1) is 30.9 Å². The molecule has 0 aliphatic rings. The molecule has 1 aromatic carbocycles. The van der Waals surface area contributed by atoms with Crippen molar-refractivity contribution in [2.75, 3.05) is 0 Å². The Kier molecular flexibility index (Phi) is 3.88. The van der Waals surface area contributed by atoms with Gasteiger partial charge >= 0.3 is 0 Å². The molecule has 1 atom stereocenters. The Hall–Kier alpha value is -2.33. The molecule has 0 saturated carbocycles. The van der Waals surface area contributed by atoms with Gasteiger partial charge in [-0.3, -0.25) is 4.68 Å². The van der Waals surface area contributed by atoms with Crippen LogP contribution in [0.3, 0.4) is 0 Å². The molecule has 0 spiro atoms. The van der Waals surface area contributed by atoms with Crippen molar-refractivity contribution < 1.29 is 9.52 Å². The number of aromatic nitrogens is 2. The minimum absolute atomic E-state index is 0.352. The Morgan fingerprint density at radius 3 is 2.81 bits per heavy atom. The van der Waals surface area contributed by atoms with Crippen LogP contribution in [0.25, 0.3) is 22.4 Å². The standard InChI is InChI=1S/C17H18N2O2/c1-2-16(20)11-19-8-6-17(18-19)14-5-3-4-13(10-14)15-7-9-21-12-15/h3-10,12,16,20H,2,11H2,1H3/t16-/m1/s1. The predicted octanol–water partition coefficient (Wildman–Crippen LogP) is 3.58. The molecule has 0 bridgehead atoms. The molecule has 0 radical (unpaired) electrons. The first-order valence-electron chi connectivity index (χ1n) is 7.11. The molecule has 3 aromatic rings. The van der Waals surface area contributed by atoms with Gasteiger partial charge in [-0.25, -0.2) is 0 Å². The number of aliphatic hydroxyl groups excluding tert-OH is 1. The van der Waals surface area contributed by atoms with Crippen LogP contribution < -0.4 is 0 Å². The molecule has 21 heavy (non-hydrogen) atoms. The summed E-state index contributed by atoms with van der Waals surface area (Å²) in [7, 11) is 0. The Morgan fingerprint density at radius 2 is 2.05 bits per heavy atom. The van der Waals surface area contributed by atoms with E-state index in [1.54, 1.807) is 17.2 Å². The lowest BCUT2D eigenvalue weighted by molar-refractivity contribution is 0.145. The number of hydrogen-bond donors (Lipinski definition) is 1. The van der Waals surface area contributed by atoms with Gasteiger partial charge in [0.1, 0.15) is 0 Å². The first kappa shape index (κ1) is 13.6. The highest BCUT2D eigenvalue weighted by Gasteiger charge is 2.07. The van der Waals surface area contributed by atoms with Crippen LogP contribution in [0, 0.1) is 0 Å². The molecule has 0 aliphatic heterocycles. The highest BCUT2D eigenvalue weighted by Crippen LogP contribution is 2.25. The van der Waals surface area contributed by atoms with E-state index in [1.165, 1.54) is 0 Å². The zero-order chi connectivity index (χ0) is 14.7. The van der Waals surface area contributed by atoms with Crippen molar-refractivity contribution in [2.45, 2.75) is 26.0 Å². The van der Waals surface area contributed by atoms with Crippen LogP contribution in [0.1, 0.15) is 13.3 Å². The molecule has 0 fully saturated rings. The first-order chi connectivity index (χ1) is 10.3. The molecule has 2 heterocycles. The number of hydrogen-bond acceptors (Lipinski definition) is 3. The highest BCUT2D eigenvalue weighted by atomic mass is 16.3. The van der Waals surface area contributed by atoms with Gasteiger partial charge in [-0.2, -0.15) is 5.10 Å². The average molecular weight is 282 g/mol. The van der Waals surface area contributed by atoms with Crippen LogP contribution in [0.5, 0.6) is 0 Å². The summed E-state index contributed by atoms with van der Waals surface area (Å²) in [5.41, 5.74) is 4.11. The van der Waals surface area contributed by atoms with Crippen molar-refractivity contribution in [3.63, 3.8) is 0 Å². The third-order valence-corrected chi connectivity index (χ3v) is 3.52. The van der Waals surface area contributed by atoms with Crippen LogP contribution in [-0.2, 0) is 6.54 Å². The van der Waals surface area contributed by atoms with Crippen molar-refractivity contribution in [3.05, 3.63) is 55.1 Å². The van der Waals surface area contributed by atoms with Gasteiger partial charge in [0.25, 0.3) is 0 Å². The third-order valence-electron chi connectivity index (χ3n) is 3.52. The van der Waals surface area contributed by atoms with Gasteiger partial charge in [-0.05, 0) is 30.2 Å². The zero-order valence-corrected chi connectivity index (χ0v) is 11.9. The summed E-state index contributed by atoms with van der Waals surface area (Å²) in [5, 5.41) is 14.2. The summed E-state index contributed by atoms with van der Waals surface area (Å²) >= 11 is 0. The molecule has 4 heteroatoms. The number of rotatable bonds is 5. The zero-order valence-electron chi connectivity index (χ0n) is 11.9. The van der Waals surface area contributed by atoms with Crippen molar-refractivity contribution in [1.82, 2.24) is 9.78 Å². The van der Waals surface area contributed by atoms with E-state index in [2.05, 4.69) is 11.2 Å². The molecule has 108 valence electrons. The second kappa shape index (κ2) is 5.97. The molecule has 0 amide bonds. The fraction of sp³-hybridized carbons (Fsp3) is 0.235. The normalized spacial score (nSPS) is 12.5. The van der Waals surface area contributed by atoms with Crippen LogP contribution >= 0.6 is 0 Å². The molecule has 2 aromatic heterocycles. The van der Waals surface area contributed by atoms with Crippen molar-refractivity contribution >= 4 is 0 Å². The van der Waals surface area contributed by atoms with Crippen LogP contribution in [0.4, 0.5) is 0 Å². The van der Waals surface area contributed by atoms with Gasteiger partial charge in [0, 0.05) is 17.3 Å². The molecule has 4 nitrogen and oxygen atoms in total. The smallest absolute Gasteiger partial charge is 0.0980 e. The quantitative estimate of drug-likeness (QED) is 0.778. The number of furan rings is 1. The van der Waals surface area contributed by atoms with Gasteiger partial charge in [0.2, 0.25) is 0 Å². The van der Waals surface area contributed by atoms with E-state index in [0.29, 0.717) is 6.54 Å². The summed E-state index contributed by atoms with van der Waals surface area (Å²) < 4.78 is 6.91. The largest absolute Gasteiger partial charge is 0.472 e. The molecule has 0 aliphatic carbocycles. The van der Waals surface area contributed by atoms with E-state index in [4.69, 9.17) is 4.42 Å². The number of nitrogens with zero attached hydrogens (tertiary/aromatic N) is 2. The van der Waals surface area contributed by atoms with Crippen molar-refractivity contribution in [1.29, 1.82) is 0 Å². The number of benzene rings is 1. The summed E-state index contributed by atoms with van der Waals surface area (Å²) in [6.45, 7) is 2.49. The summed E-state index contributed by atoms with van der Waals surface area (Å²) in [6.07, 6.45) is 5.68. The second-order valence-corrected chi connectivity index (χ2v) is 5.08. The third kappa shape index (κ3) is 3.06. The Labute approximate surface area is 123 Å². The lowest BCUT2D eigenvalue weighted by Gasteiger charge is -2.07. The lowest BCUT2D eigenvalue weighted by atomic mass is 10.0. The van der Waals surface area contributed by atoms with E-state index in [1.807, 2.05) is 43.5 Å². The lowest BCUT2D eigenvalue weighted by Crippen LogP contribution is -2.14. The average Bonchev–Trinajstić information content (AvgIpc) is 3.19. The van der Waals surface area contributed by atoms with Crippen LogP contribution in [0.2, 0.25) is 0 Å². The molecule has 0 unspecified atom stereocenters. The molecule has 0 saturated heterocycles. The van der Waals surface area contributed by atoms with E-state index in [0.717, 1.165) is 28.8 Å². The summed E-state index contributed by atoms with van der Waals surface area (Å²) in [4.78, 5) is 0. The highest BCUT2D eigenvalue weighted by molar-refractivity contribution is 5.70. The van der Waals surface area contributed by atoms with Crippen molar-refractivity contribution in [2.24, 2.45) is 0 Å². The second-order valence-electron chi connectivity index (χ2n) is 5.08. The predicted molar refractivity (Wildman–Crippen MR) is 81.7 cm³/mol. The SMILES string of the molecule is CC[C@@H](O)Cn1ccc(-c2cccc(-c3ccoc3)c2)n1. The van der Waals surface area contributed by atoms with Crippen molar-refractivity contribution in [3.8, 4) is 22.4 Å². The summed E-state index contributed by atoms with van der Waals surface area (Å²) in [5.74, 6) is 0. The molecular formula is C17H18N2O2. The maximum absolute atomic E-state index is 9.69. The van der Waals surface area contributed by atoms with Gasteiger partial charge in [-0.15, -0.1) is 0 Å². The maximum atomic E-state index is 9.69. The van der Waals surface area contributed by atoms with Gasteiger partial charge in [0.15, 0.2) is 0 Å². The van der Waals surface area contributed by atoms with E-state index in [-0.39, 0.29) is 6.10 Å². The van der Waals surface area contributed by atoms with Gasteiger partial charge < -0.3 is 9.52 Å². The fourth-order valence-corrected chi connectivity index (χ4v) is 2.25. The monoisotopic (exact) mass is 282 g/mol. The first-order valence-corrected chi connectivity index (χ1v) is 7.11.